The van der Waals surface area contributed by atoms with Gasteiger partial charge in [-0.2, -0.15) is 0 Å². The molecule has 0 atom stereocenters. The molecule has 1 aromatic carbocycles. The number of phenolic OH excluding ortho intramolecular Hbond substituents is 1. The Morgan fingerprint density at radius 1 is 1.33 bits per heavy atom. The summed E-state index contributed by atoms with van der Waals surface area (Å²) < 4.78 is 0. The van der Waals surface area contributed by atoms with Gasteiger partial charge in [-0.25, -0.2) is 4.98 Å². The smallest absolute Gasteiger partial charge is 0.276 e. The zero-order valence-electron chi connectivity index (χ0n) is 9.68. The standard InChI is InChI=1S/C12H14N4O2/c13-10-11(15-7-16-12(10)18)14-6-5-8-1-3-9(17)4-2-8/h1-4,7,17H,5-6,13H2,(H2,14,15,16,18). The number of aromatic nitrogens is 2. The highest BCUT2D eigenvalue weighted by atomic mass is 16.3. The molecular weight excluding hydrogens is 232 g/mol. The number of nitrogen functional groups attached to an aromatic ring is 1. The number of H-pyrrole nitrogens is 1. The molecule has 0 radical (unpaired) electrons. The van der Waals surface area contributed by atoms with Crippen molar-refractivity contribution in [1.82, 2.24) is 9.97 Å². The quantitative estimate of drug-likeness (QED) is 0.636. The Bertz CT molecular complexity index is 577. The minimum absolute atomic E-state index is 0.0863. The molecule has 2 rings (SSSR count). The number of phenols is 1. The molecule has 1 heterocycles. The van der Waals surface area contributed by atoms with Crippen LogP contribution in [0.3, 0.4) is 0 Å². The van der Waals surface area contributed by atoms with E-state index in [1.165, 1.54) is 6.33 Å². The molecule has 2 aromatic rings. The van der Waals surface area contributed by atoms with Crippen LogP contribution in [0, 0.1) is 0 Å². The number of aromatic amines is 1. The third kappa shape index (κ3) is 2.79. The molecule has 94 valence electrons. The normalized spacial score (nSPS) is 10.2. The topological polar surface area (TPSA) is 104 Å². The van der Waals surface area contributed by atoms with Crippen molar-refractivity contribution in [2.75, 3.05) is 17.6 Å². The number of nitrogens with one attached hydrogen (secondary N) is 2. The lowest BCUT2D eigenvalue weighted by Crippen LogP contribution is -2.17. The van der Waals surface area contributed by atoms with E-state index in [4.69, 9.17) is 10.8 Å². The van der Waals surface area contributed by atoms with E-state index in [2.05, 4.69) is 15.3 Å². The highest BCUT2D eigenvalue weighted by molar-refractivity contribution is 5.58. The van der Waals surface area contributed by atoms with E-state index in [0.717, 1.165) is 12.0 Å². The second kappa shape index (κ2) is 5.22. The molecule has 1 aromatic heterocycles. The van der Waals surface area contributed by atoms with Gasteiger partial charge in [-0.3, -0.25) is 4.79 Å². The fraction of sp³-hybridized carbons (Fsp3) is 0.167. The molecular formula is C12H14N4O2. The van der Waals surface area contributed by atoms with Gasteiger partial charge in [-0.05, 0) is 24.1 Å². The summed E-state index contributed by atoms with van der Waals surface area (Å²) in [4.78, 5) is 17.6. The lowest BCUT2D eigenvalue weighted by molar-refractivity contribution is 0.475. The Balaban J connectivity index is 1.94. The van der Waals surface area contributed by atoms with E-state index >= 15 is 0 Å². The Kier molecular flexibility index (Phi) is 3.47. The zero-order valence-corrected chi connectivity index (χ0v) is 9.68. The van der Waals surface area contributed by atoms with Gasteiger partial charge >= 0.3 is 0 Å². The van der Waals surface area contributed by atoms with Crippen molar-refractivity contribution in [3.63, 3.8) is 0 Å². The summed E-state index contributed by atoms with van der Waals surface area (Å²) in [6, 6.07) is 6.95. The van der Waals surface area contributed by atoms with Gasteiger partial charge in [0.25, 0.3) is 5.56 Å². The van der Waals surface area contributed by atoms with Crippen molar-refractivity contribution in [3.8, 4) is 5.75 Å². The van der Waals surface area contributed by atoms with Crippen LogP contribution in [-0.2, 0) is 6.42 Å². The van der Waals surface area contributed by atoms with Gasteiger partial charge in [0.15, 0.2) is 5.82 Å². The first-order valence-corrected chi connectivity index (χ1v) is 5.52. The molecule has 6 heteroatoms. The first kappa shape index (κ1) is 12.0. The van der Waals surface area contributed by atoms with Gasteiger partial charge in [-0.15, -0.1) is 0 Å². The van der Waals surface area contributed by atoms with E-state index in [1.807, 2.05) is 12.1 Å². The number of aromatic hydroxyl groups is 1. The van der Waals surface area contributed by atoms with Crippen molar-refractivity contribution >= 4 is 11.5 Å². The number of hydrogen-bond donors (Lipinski definition) is 4. The van der Waals surface area contributed by atoms with Gasteiger partial charge in [0.2, 0.25) is 0 Å². The average Bonchev–Trinajstić information content (AvgIpc) is 2.37. The van der Waals surface area contributed by atoms with E-state index in [1.54, 1.807) is 12.1 Å². The molecule has 0 fully saturated rings. The first-order valence-electron chi connectivity index (χ1n) is 5.52. The molecule has 0 aliphatic heterocycles. The predicted molar refractivity (Wildman–Crippen MR) is 69.6 cm³/mol. The van der Waals surface area contributed by atoms with Gasteiger partial charge in [-0.1, -0.05) is 12.1 Å². The Hall–Kier alpha value is -2.50. The van der Waals surface area contributed by atoms with Crippen molar-refractivity contribution < 1.29 is 5.11 Å². The Morgan fingerprint density at radius 3 is 2.78 bits per heavy atom. The van der Waals surface area contributed by atoms with Crippen LogP contribution in [0.2, 0.25) is 0 Å². The van der Waals surface area contributed by atoms with Crippen LogP contribution >= 0.6 is 0 Å². The third-order valence-electron chi connectivity index (χ3n) is 2.53. The number of nitrogens with zero attached hydrogens (tertiary/aromatic N) is 1. The first-order chi connectivity index (χ1) is 8.66. The maximum atomic E-state index is 11.2. The van der Waals surface area contributed by atoms with Crippen molar-refractivity contribution in [2.24, 2.45) is 0 Å². The molecule has 0 spiro atoms. The highest BCUT2D eigenvalue weighted by Crippen LogP contribution is 2.11. The SMILES string of the molecule is Nc1c(NCCc2ccc(O)cc2)nc[nH]c1=O. The minimum Gasteiger partial charge on any atom is -0.508 e. The number of hydrogen-bond acceptors (Lipinski definition) is 5. The van der Waals surface area contributed by atoms with Crippen molar-refractivity contribution in [3.05, 3.63) is 46.5 Å². The van der Waals surface area contributed by atoms with E-state index < -0.39 is 0 Å². The maximum Gasteiger partial charge on any atom is 0.276 e. The summed E-state index contributed by atoms with van der Waals surface area (Å²) in [5.41, 5.74) is 6.39. The largest absolute Gasteiger partial charge is 0.508 e. The fourth-order valence-corrected chi connectivity index (χ4v) is 1.54. The van der Waals surface area contributed by atoms with Gasteiger partial charge in [0, 0.05) is 6.54 Å². The van der Waals surface area contributed by atoms with Gasteiger partial charge < -0.3 is 21.1 Å². The summed E-state index contributed by atoms with van der Waals surface area (Å²) in [5, 5.41) is 12.1. The maximum absolute atomic E-state index is 11.2. The Labute approximate surface area is 104 Å². The zero-order chi connectivity index (χ0) is 13.0. The number of anilines is 2. The lowest BCUT2D eigenvalue weighted by Gasteiger charge is -2.07. The van der Waals surface area contributed by atoms with Crippen LogP contribution in [0.15, 0.2) is 35.4 Å². The summed E-state index contributed by atoms with van der Waals surface area (Å²) >= 11 is 0. The summed E-state index contributed by atoms with van der Waals surface area (Å²) in [5.74, 6) is 0.629. The molecule has 0 aliphatic carbocycles. The minimum atomic E-state index is -0.350. The molecule has 18 heavy (non-hydrogen) atoms. The van der Waals surface area contributed by atoms with Crippen LogP contribution in [0.4, 0.5) is 11.5 Å². The Morgan fingerprint density at radius 2 is 2.06 bits per heavy atom. The highest BCUT2D eigenvalue weighted by Gasteiger charge is 2.03. The lowest BCUT2D eigenvalue weighted by atomic mass is 10.1. The van der Waals surface area contributed by atoms with E-state index in [0.29, 0.717) is 12.4 Å². The monoisotopic (exact) mass is 246 g/mol. The molecule has 0 saturated carbocycles. The van der Waals surface area contributed by atoms with Gasteiger partial charge in [0.1, 0.15) is 11.4 Å². The number of benzene rings is 1. The average molecular weight is 246 g/mol. The third-order valence-corrected chi connectivity index (χ3v) is 2.53. The molecule has 0 amide bonds. The van der Waals surface area contributed by atoms with Crippen molar-refractivity contribution in [2.45, 2.75) is 6.42 Å². The predicted octanol–water partition coefficient (Wildman–Crippen LogP) is 0.712. The summed E-state index contributed by atoms with van der Waals surface area (Å²) in [6.45, 7) is 0.603. The molecule has 0 aliphatic rings. The van der Waals surface area contributed by atoms with E-state index in [9.17, 15) is 4.79 Å². The molecule has 0 bridgehead atoms. The second-order valence-corrected chi connectivity index (χ2v) is 3.84. The molecule has 0 unspecified atom stereocenters. The van der Waals surface area contributed by atoms with Crippen LogP contribution in [0.25, 0.3) is 0 Å². The molecule has 5 N–H and O–H groups in total. The number of nitrogens with two attached hydrogens (primary N) is 1. The molecule has 6 nitrogen and oxygen atoms in total. The van der Waals surface area contributed by atoms with Crippen molar-refractivity contribution in [1.29, 1.82) is 0 Å². The van der Waals surface area contributed by atoms with Crippen LogP contribution in [0.1, 0.15) is 5.56 Å². The summed E-state index contributed by atoms with van der Waals surface area (Å²) in [7, 11) is 0. The van der Waals surface area contributed by atoms with Crippen LogP contribution in [0.5, 0.6) is 5.75 Å². The fourth-order valence-electron chi connectivity index (χ4n) is 1.54. The summed E-state index contributed by atoms with van der Waals surface area (Å²) in [6.07, 6.45) is 2.05. The second-order valence-electron chi connectivity index (χ2n) is 3.84. The van der Waals surface area contributed by atoms with E-state index in [-0.39, 0.29) is 17.0 Å². The molecule has 0 saturated heterocycles. The van der Waals surface area contributed by atoms with Crippen LogP contribution < -0.4 is 16.6 Å². The van der Waals surface area contributed by atoms with Gasteiger partial charge in [0.05, 0.1) is 6.33 Å². The number of rotatable bonds is 4. The van der Waals surface area contributed by atoms with Crippen LogP contribution in [-0.4, -0.2) is 21.6 Å².